The Balaban J connectivity index is 1.69. The van der Waals surface area contributed by atoms with Crippen molar-refractivity contribution >= 4 is 17.4 Å². The number of nitrogens with zero attached hydrogens (tertiary/aromatic N) is 2. The van der Waals surface area contributed by atoms with Crippen molar-refractivity contribution in [3.8, 4) is 11.3 Å². The summed E-state index contributed by atoms with van der Waals surface area (Å²) < 4.78 is 14.2. The number of carbonyl (C=O) groups excluding carboxylic acids is 2. The van der Waals surface area contributed by atoms with E-state index in [9.17, 15) is 18.8 Å². The molecule has 0 fully saturated rings. The van der Waals surface area contributed by atoms with Crippen molar-refractivity contribution in [2.45, 2.75) is 13.5 Å². The van der Waals surface area contributed by atoms with Crippen LogP contribution >= 0.6 is 0 Å². The molecule has 1 heterocycles. The minimum atomic E-state index is -0.399. The highest BCUT2D eigenvalue weighted by Gasteiger charge is 2.08. The topological polar surface area (TPSA) is 81.1 Å². The maximum absolute atomic E-state index is 13.0. The Morgan fingerprint density at radius 2 is 1.74 bits per heavy atom. The van der Waals surface area contributed by atoms with Crippen LogP contribution < -0.4 is 10.9 Å². The normalized spacial score (nSPS) is 10.4. The number of nitrogens with one attached hydrogen (secondary N) is 1. The van der Waals surface area contributed by atoms with E-state index in [-0.39, 0.29) is 18.1 Å². The number of Topliss-reactive ketones (excluding diaryl/α,β-unsaturated/α-hetero) is 1. The van der Waals surface area contributed by atoms with Gasteiger partial charge >= 0.3 is 0 Å². The number of halogens is 1. The summed E-state index contributed by atoms with van der Waals surface area (Å²) in [7, 11) is 0. The number of aromatic nitrogens is 2. The Hall–Kier alpha value is -3.61. The molecule has 1 amide bonds. The quantitative estimate of drug-likeness (QED) is 0.705. The zero-order valence-corrected chi connectivity index (χ0v) is 14.5. The molecule has 3 aromatic rings. The highest BCUT2D eigenvalue weighted by Crippen LogP contribution is 2.15. The Morgan fingerprint density at radius 1 is 1.07 bits per heavy atom. The lowest BCUT2D eigenvalue weighted by molar-refractivity contribution is -0.116. The van der Waals surface area contributed by atoms with Gasteiger partial charge < -0.3 is 5.32 Å². The molecule has 6 nitrogen and oxygen atoms in total. The molecule has 0 spiro atoms. The van der Waals surface area contributed by atoms with Crippen LogP contribution in [0.5, 0.6) is 0 Å². The van der Waals surface area contributed by atoms with E-state index in [4.69, 9.17) is 0 Å². The Bertz CT molecular complexity index is 1040. The van der Waals surface area contributed by atoms with Crippen molar-refractivity contribution in [1.29, 1.82) is 0 Å². The van der Waals surface area contributed by atoms with E-state index in [0.29, 0.717) is 22.5 Å². The molecule has 27 heavy (non-hydrogen) atoms. The molecule has 3 rings (SSSR count). The third kappa shape index (κ3) is 4.52. The van der Waals surface area contributed by atoms with Crippen LogP contribution in [0.25, 0.3) is 11.3 Å². The predicted octanol–water partition coefficient (Wildman–Crippen LogP) is 2.89. The predicted molar refractivity (Wildman–Crippen MR) is 99.0 cm³/mol. The van der Waals surface area contributed by atoms with Gasteiger partial charge in [-0.05, 0) is 55.5 Å². The van der Waals surface area contributed by atoms with Gasteiger partial charge in [-0.3, -0.25) is 19.0 Å². The molecule has 0 aliphatic carbocycles. The van der Waals surface area contributed by atoms with Crippen LogP contribution in [0.15, 0.2) is 65.7 Å². The first-order valence-electron chi connectivity index (χ1n) is 8.15. The molecule has 0 atom stereocenters. The van der Waals surface area contributed by atoms with Crippen LogP contribution in [-0.4, -0.2) is 21.2 Å². The zero-order chi connectivity index (χ0) is 19.4. The molecule has 0 unspecified atom stereocenters. The standard InChI is InChI=1S/C20H16FN3O3/c1-13(25)14-4-8-17(9-5-14)23-19(26)11-24-12-22-18(10-20(24)27)15-2-6-16(21)7-3-15/h2-10,12H,11H2,1H3,(H,23,26). The fraction of sp³-hybridized carbons (Fsp3) is 0.100. The van der Waals surface area contributed by atoms with Gasteiger partial charge in [0.2, 0.25) is 5.91 Å². The molecule has 0 aliphatic heterocycles. The second-order valence-electron chi connectivity index (χ2n) is 5.93. The van der Waals surface area contributed by atoms with Gasteiger partial charge in [0.1, 0.15) is 12.4 Å². The highest BCUT2D eigenvalue weighted by molar-refractivity contribution is 5.95. The zero-order valence-electron chi connectivity index (χ0n) is 14.5. The average molecular weight is 365 g/mol. The van der Waals surface area contributed by atoms with Crippen LogP contribution in [0.4, 0.5) is 10.1 Å². The minimum Gasteiger partial charge on any atom is -0.325 e. The number of anilines is 1. The maximum atomic E-state index is 13.0. The summed E-state index contributed by atoms with van der Waals surface area (Å²) in [5.74, 6) is -0.837. The van der Waals surface area contributed by atoms with E-state index in [1.54, 1.807) is 24.3 Å². The number of hydrogen-bond donors (Lipinski definition) is 1. The number of benzene rings is 2. The van der Waals surface area contributed by atoms with Crippen molar-refractivity contribution in [3.05, 3.63) is 82.7 Å². The van der Waals surface area contributed by atoms with Crippen LogP contribution in [0.1, 0.15) is 17.3 Å². The van der Waals surface area contributed by atoms with E-state index < -0.39 is 11.5 Å². The van der Waals surface area contributed by atoms with Gasteiger partial charge in [0.15, 0.2) is 5.78 Å². The average Bonchev–Trinajstić information content (AvgIpc) is 2.64. The summed E-state index contributed by atoms with van der Waals surface area (Å²) in [5, 5.41) is 2.66. The summed E-state index contributed by atoms with van der Waals surface area (Å²) in [6.07, 6.45) is 1.28. The molecule has 0 radical (unpaired) electrons. The van der Waals surface area contributed by atoms with E-state index in [2.05, 4.69) is 10.3 Å². The number of carbonyl (C=O) groups is 2. The Kier molecular flexibility index (Phi) is 5.21. The largest absolute Gasteiger partial charge is 0.325 e. The summed E-state index contributed by atoms with van der Waals surface area (Å²) in [6, 6.07) is 13.4. The molecular formula is C20H16FN3O3. The SMILES string of the molecule is CC(=O)c1ccc(NC(=O)Cn2cnc(-c3ccc(F)cc3)cc2=O)cc1. The summed E-state index contributed by atoms with van der Waals surface area (Å²) in [5.41, 5.74) is 1.68. The summed E-state index contributed by atoms with van der Waals surface area (Å²) >= 11 is 0. The van der Waals surface area contributed by atoms with E-state index >= 15 is 0 Å². The molecule has 1 N–H and O–H groups in total. The lowest BCUT2D eigenvalue weighted by Crippen LogP contribution is -2.27. The van der Waals surface area contributed by atoms with Crippen LogP contribution in [-0.2, 0) is 11.3 Å². The lowest BCUT2D eigenvalue weighted by Gasteiger charge is -2.08. The number of amides is 1. The molecule has 0 saturated carbocycles. The number of hydrogen-bond acceptors (Lipinski definition) is 4. The fourth-order valence-corrected chi connectivity index (χ4v) is 2.47. The first-order valence-corrected chi connectivity index (χ1v) is 8.15. The van der Waals surface area contributed by atoms with Crippen LogP contribution in [0, 0.1) is 5.82 Å². The summed E-state index contributed by atoms with van der Waals surface area (Å²) in [6.45, 7) is 1.26. The van der Waals surface area contributed by atoms with E-state index in [1.165, 1.54) is 48.1 Å². The number of ketones is 1. The van der Waals surface area contributed by atoms with Crippen LogP contribution in [0.3, 0.4) is 0 Å². The monoisotopic (exact) mass is 365 g/mol. The second kappa shape index (κ2) is 7.74. The third-order valence-electron chi connectivity index (χ3n) is 3.91. The van der Waals surface area contributed by atoms with Crippen molar-refractivity contribution < 1.29 is 14.0 Å². The van der Waals surface area contributed by atoms with Crippen molar-refractivity contribution in [2.24, 2.45) is 0 Å². The van der Waals surface area contributed by atoms with E-state index in [1.807, 2.05) is 0 Å². The third-order valence-corrected chi connectivity index (χ3v) is 3.91. The van der Waals surface area contributed by atoms with Gasteiger partial charge in [-0.1, -0.05) is 0 Å². The smallest absolute Gasteiger partial charge is 0.254 e. The van der Waals surface area contributed by atoms with Gasteiger partial charge in [-0.25, -0.2) is 9.37 Å². The van der Waals surface area contributed by atoms with Gasteiger partial charge in [-0.15, -0.1) is 0 Å². The maximum Gasteiger partial charge on any atom is 0.254 e. The van der Waals surface area contributed by atoms with Crippen molar-refractivity contribution in [2.75, 3.05) is 5.32 Å². The first kappa shape index (κ1) is 18.2. The summed E-state index contributed by atoms with van der Waals surface area (Å²) in [4.78, 5) is 39.8. The van der Waals surface area contributed by atoms with Crippen molar-refractivity contribution in [1.82, 2.24) is 9.55 Å². The van der Waals surface area contributed by atoms with Gasteiger partial charge in [0.05, 0.1) is 12.0 Å². The Morgan fingerprint density at radius 3 is 2.33 bits per heavy atom. The lowest BCUT2D eigenvalue weighted by atomic mass is 10.1. The molecule has 0 bridgehead atoms. The van der Waals surface area contributed by atoms with Gasteiger partial charge in [0, 0.05) is 22.9 Å². The molecular weight excluding hydrogens is 349 g/mol. The number of rotatable bonds is 5. The first-order chi connectivity index (χ1) is 12.9. The van der Waals surface area contributed by atoms with Gasteiger partial charge in [-0.2, -0.15) is 0 Å². The Labute approximate surface area is 154 Å². The van der Waals surface area contributed by atoms with Crippen molar-refractivity contribution in [3.63, 3.8) is 0 Å². The van der Waals surface area contributed by atoms with E-state index in [0.717, 1.165) is 0 Å². The molecule has 7 heteroatoms. The molecule has 0 saturated heterocycles. The highest BCUT2D eigenvalue weighted by atomic mass is 19.1. The second-order valence-corrected chi connectivity index (χ2v) is 5.93. The van der Waals surface area contributed by atoms with Crippen LogP contribution in [0.2, 0.25) is 0 Å². The molecule has 2 aromatic carbocycles. The fourth-order valence-electron chi connectivity index (χ4n) is 2.47. The minimum absolute atomic E-state index is 0.0632. The molecule has 136 valence electrons. The molecule has 0 aliphatic rings. The van der Waals surface area contributed by atoms with Gasteiger partial charge in [0.25, 0.3) is 5.56 Å². The molecule has 1 aromatic heterocycles.